The van der Waals surface area contributed by atoms with Gasteiger partial charge in [-0.2, -0.15) is 0 Å². The van der Waals surface area contributed by atoms with E-state index in [0.717, 1.165) is 29.7 Å². The van der Waals surface area contributed by atoms with Gasteiger partial charge < -0.3 is 9.84 Å². The van der Waals surface area contributed by atoms with Crippen LogP contribution < -0.4 is 0 Å². The molecule has 0 bridgehead atoms. The van der Waals surface area contributed by atoms with Crippen molar-refractivity contribution < 1.29 is 19.6 Å². The quantitative estimate of drug-likeness (QED) is 0.241. The minimum atomic E-state index is -0.731. The summed E-state index contributed by atoms with van der Waals surface area (Å²) in [5.74, 6) is -0.592. The van der Waals surface area contributed by atoms with Crippen LogP contribution in [0.4, 0.5) is 5.69 Å². The molecule has 0 aliphatic carbocycles. The number of allylic oxidation sites excluding steroid dienone is 1. The van der Waals surface area contributed by atoms with E-state index >= 15 is 0 Å². The average molecular weight is 485 g/mol. The number of fused-ring (bicyclic) bond motifs is 1. The summed E-state index contributed by atoms with van der Waals surface area (Å²) in [5, 5.41) is 20.9. The van der Waals surface area contributed by atoms with Crippen molar-refractivity contribution in [3.05, 3.63) is 86.4 Å². The number of benzene rings is 2. The summed E-state index contributed by atoms with van der Waals surface area (Å²) >= 11 is 7.15. The van der Waals surface area contributed by atoms with Gasteiger partial charge in [0.25, 0.3) is 5.69 Å². The summed E-state index contributed by atoms with van der Waals surface area (Å²) in [7, 11) is 0. The number of ether oxygens (including phenoxy) is 1. The van der Waals surface area contributed by atoms with Crippen molar-refractivity contribution in [2.45, 2.75) is 44.3 Å². The standard InChI is InChI=1S/C24H24N2O5S2/c1-15(27)20-22(28)25-21(24(32)31-14-17-10-12-18(13-11-17)26(29)30)19(33-23(20)25)9-5-8-16-6-3-2-4-7-16/h2-4,6-7,10-13,15,20,23,27H,5,8-9,14H2,1H3/t15-,20+,23+/m0/s1. The third-order valence-electron chi connectivity index (χ3n) is 5.79. The lowest BCUT2D eigenvalue weighted by atomic mass is 9.92. The van der Waals surface area contributed by atoms with Crippen LogP contribution in [0.25, 0.3) is 0 Å². The lowest BCUT2D eigenvalue weighted by Crippen LogP contribution is -2.60. The van der Waals surface area contributed by atoms with Crippen LogP contribution in [0.5, 0.6) is 0 Å². The number of aryl methyl sites for hydroxylation is 1. The van der Waals surface area contributed by atoms with Gasteiger partial charge in [0.15, 0.2) is 0 Å². The normalized spacial score (nSPS) is 20.3. The Bertz CT molecular complexity index is 1090. The molecule has 33 heavy (non-hydrogen) atoms. The van der Waals surface area contributed by atoms with Gasteiger partial charge in [0.05, 0.1) is 16.9 Å². The van der Waals surface area contributed by atoms with Crippen molar-refractivity contribution in [2.75, 3.05) is 0 Å². The molecule has 1 fully saturated rings. The largest absolute Gasteiger partial charge is 0.477 e. The maximum atomic E-state index is 12.8. The molecule has 2 aromatic rings. The second-order valence-corrected chi connectivity index (χ2v) is 9.68. The first-order valence-electron chi connectivity index (χ1n) is 10.7. The van der Waals surface area contributed by atoms with E-state index in [1.54, 1.807) is 35.7 Å². The topological polar surface area (TPSA) is 92.9 Å². The van der Waals surface area contributed by atoms with E-state index in [1.165, 1.54) is 17.7 Å². The smallest absolute Gasteiger partial charge is 0.269 e. The van der Waals surface area contributed by atoms with Crippen LogP contribution in [0.1, 0.15) is 30.9 Å². The number of nitrogens with zero attached hydrogens (tertiary/aromatic N) is 2. The van der Waals surface area contributed by atoms with Crippen molar-refractivity contribution in [3.63, 3.8) is 0 Å². The van der Waals surface area contributed by atoms with Gasteiger partial charge in [0, 0.05) is 17.0 Å². The fraction of sp³-hybridized carbons (Fsp3) is 0.333. The van der Waals surface area contributed by atoms with Crippen molar-refractivity contribution in [1.29, 1.82) is 0 Å². The van der Waals surface area contributed by atoms with Crippen LogP contribution >= 0.6 is 24.0 Å². The van der Waals surface area contributed by atoms with E-state index in [4.69, 9.17) is 17.0 Å². The highest BCUT2D eigenvalue weighted by Crippen LogP contribution is 2.52. The first-order valence-corrected chi connectivity index (χ1v) is 12.0. The van der Waals surface area contributed by atoms with Gasteiger partial charge in [0.1, 0.15) is 17.7 Å². The molecule has 3 atom stereocenters. The molecule has 1 N–H and O–H groups in total. The number of nitro benzene ring substituents is 1. The monoisotopic (exact) mass is 484 g/mol. The highest BCUT2D eigenvalue weighted by Gasteiger charge is 2.56. The van der Waals surface area contributed by atoms with Gasteiger partial charge in [-0.3, -0.25) is 19.8 Å². The molecule has 1 amide bonds. The van der Waals surface area contributed by atoms with Gasteiger partial charge >= 0.3 is 0 Å². The van der Waals surface area contributed by atoms with E-state index in [1.807, 2.05) is 18.2 Å². The number of thioether (sulfide) groups is 1. The number of carbonyl (C=O) groups excluding carboxylic acids is 1. The van der Waals surface area contributed by atoms with E-state index in [2.05, 4.69) is 12.1 Å². The number of amides is 1. The second kappa shape index (κ2) is 10.0. The van der Waals surface area contributed by atoms with E-state index < -0.39 is 16.9 Å². The summed E-state index contributed by atoms with van der Waals surface area (Å²) in [6.07, 6.45) is 1.83. The van der Waals surface area contributed by atoms with Gasteiger partial charge in [-0.15, -0.1) is 11.8 Å². The third-order valence-corrected chi connectivity index (χ3v) is 7.53. The zero-order chi connectivity index (χ0) is 23.5. The predicted octanol–water partition coefficient (Wildman–Crippen LogP) is 4.59. The third kappa shape index (κ3) is 4.95. The molecular weight excluding hydrogens is 460 g/mol. The predicted molar refractivity (Wildman–Crippen MR) is 130 cm³/mol. The van der Waals surface area contributed by atoms with E-state index in [-0.39, 0.29) is 28.6 Å². The molecule has 2 aliphatic rings. The average Bonchev–Trinajstić information content (AvgIpc) is 3.12. The summed E-state index contributed by atoms with van der Waals surface area (Å²) < 4.78 is 5.84. The van der Waals surface area contributed by atoms with Crippen LogP contribution in [-0.2, 0) is 22.6 Å². The Morgan fingerprint density at radius 1 is 1.18 bits per heavy atom. The fourth-order valence-corrected chi connectivity index (χ4v) is 6.06. The van der Waals surface area contributed by atoms with Gasteiger partial charge in [0.2, 0.25) is 11.0 Å². The Kier molecular flexibility index (Phi) is 7.11. The molecule has 2 aliphatic heterocycles. The number of thiocarbonyl (C=S) groups is 1. The van der Waals surface area contributed by atoms with Gasteiger partial charge in [-0.1, -0.05) is 30.3 Å². The van der Waals surface area contributed by atoms with Crippen LogP contribution in [0.15, 0.2) is 65.2 Å². The number of aliphatic hydroxyl groups is 1. The summed E-state index contributed by atoms with van der Waals surface area (Å²) in [6, 6.07) is 16.3. The van der Waals surface area contributed by atoms with Crippen LogP contribution in [0, 0.1) is 16.0 Å². The molecular formula is C24H24N2O5S2. The molecule has 9 heteroatoms. The Morgan fingerprint density at radius 2 is 1.88 bits per heavy atom. The highest BCUT2D eigenvalue weighted by atomic mass is 32.2. The molecule has 0 spiro atoms. The molecule has 2 heterocycles. The number of aliphatic hydroxyl groups excluding tert-OH is 1. The Balaban J connectivity index is 1.46. The minimum Gasteiger partial charge on any atom is -0.477 e. The van der Waals surface area contributed by atoms with Crippen molar-refractivity contribution >= 4 is 40.6 Å². The lowest BCUT2D eigenvalue weighted by molar-refractivity contribution is -0.384. The molecule has 0 aromatic heterocycles. The fourth-order valence-electron chi connectivity index (χ4n) is 4.05. The molecule has 0 radical (unpaired) electrons. The van der Waals surface area contributed by atoms with Crippen LogP contribution in [0.2, 0.25) is 0 Å². The van der Waals surface area contributed by atoms with Gasteiger partial charge in [-0.25, -0.2) is 0 Å². The maximum absolute atomic E-state index is 12.8. The van der Waals surface area contributed by atoms with Crippen molar-refractivity contribution in [1.82, 2.24) is 4.90 Å². The van der Waals surface area contributed by atoms with Crippen LogP contribution in [0.3, 0.4) is 0 Å². The zero-order valence-electron chi connectivity index (χ0n) is 18.0. The zero-order valence-corrected chi connectivity index (χ0v) is 19.7. The van der Waals surface area contributed by atoms with E-state index in [9.17, 15) is 20.0 Å². The number of β-lactam (4-membered cyclic amide) rings is 1. The number of carbonyl (C=O) groups is 1. The first-order chi connectivity index (χ1) is 15.9. The summed E-state index contributed by atoms with van der Waals surface area (Å²) in [4.78, 5) is 25.8. The Hall–Kier alpha value is -2.75. The van der Waals surface area contributed by atoms with Gasteiger partial charge in [-0.05, 0) is 61.7 Å². The lowest BCUT2D eigenvalue weighted by Gasteiger charge is -2.44. The Morgan fingerprint density at radius 3 is 2.52 bits per heavy atom. The first kappa shape index (κ1) is 23.4. The molecule has 7 nitrogen and oxygen atoms in total. The van der Waals surface area contributed by atoms with Crippen molar-refractivity contribution in [2.24, 2.45) is 5.92 Å². The summed E-state index contributed by atoms with van der Waals surface area (Å²) in [6.45, 7) is 1.78. The summed E-state index contributed by atoms with van der Waals surface area (Å²) in [5.41, 5.74) is 2.63. The molecule has 1 saturated heterocycles. The second-order valence-electron chi connectivity index (χ2n) is 8.09. The number of non-ortho nitro benzene ring substituents is 1. The van der Waals surface area contributed by atoms with Crippen molar-refractivity contribution in [3.8, 4) is 0 Å². The number of nitro groups is 1. The maximum Gasteiger partial charge on any atom is 0.269 e. The number of hydrogen-bond acceptors (Lipinski definition) is 7. The molecule has 0 saturated carbocycles. The molecule has 4 rings (SSSR count). The molecule has 172 valence electrons. The minimum absolute atomic E-state index is 0.00936. The molecule has 0 unspecified atom stereocenters. The SMILES string of the molecule is C[C@H](O)[C@@H]1C(=O)N2C(C(=S)OCc3ccc([N+](=O)[O-])cc3)=C(CCCc3ccccc3)S[C@H]12. The highest BCUT2D eigenvalue weighted by molar-refractivity contribution is 8.04. The molecule has 2 aromatic carbocycles. The number of rotatable bonds is 9. The number of hydrogen-bond donors (Lipinski definition) is 1. The Labute approximate surface area is 201 Å². The van der Waals surface area contributed by atoms with Crippen LogP contribution in [-0.4, -0.2) is 37.4 Å². The van der Waals surface area contributed by atoms with E-state index in [0.29, 0.717) is 5.70 Å².